The number of carbonyl (C=O) groups is 1. The Morgan fingerprint density at radius 2 is 2.15 bits per heavy atom. The summed E-state index contributed by atoms with van der Waals surface area (Å²) >= 11 is 3.62. The molecular weight excluding hydrogens is 404 g/mol. The Labute approximate surface area is 169 Å². The number of nitrogens with zero attached hydrogens (tertiary/aromatic N) is 2. The van der Waals surface area contributed by atoms with Gasteiger partial charge < -0.3 is 4.90 Å². The van der Waals surface area contributed by atoms with Crippen LogP contribution in [-0.2, 0) is 0 Å². The molecule has 2 fully saturated rings. The second-order valence-electron chi connectivity index (χ2n) is 7.65. The summed E-state index contributed by atoms with van der Waals surface area (Å²) in [7, 11) is 0. The third-order valence-electron chi connectivity index (χ3n) is 5.76. The largest absolute Gasteiger partial charge is 0.334 e. The average molecular weight is 431 g/mol. The minimum Gasteiger partial charge on any atom is -0.334 e. The summed E-state index contributed by atoms with van der Waals surface area (Å²) < 4.78 is 0. The lowest BCUT2D eigenvalue weighted by molar-refractivity contribution is 0.0609. The van der Waals surface area contributed by atoms with Crippen molar-refractivity contribution in [3.63, 3.8) is 0 Å². The van der Waals surface area contributed by atoms with Crippen LogP contribution in [0, 0.1) is 6.92 Å². The third kappa shape index (κ3) is 4.03. The zero-order valence-electron chi connectivity index (χ0n) is 15.7. The van der Waals surface area contributed by atoms with Gasteiger partial charge in [0.05, 0.1) is 22.2 Å². The van der Waals surface area contributed by atoms with Crippen LogP contribution in [-0.4, -0.2) is 46.0 Å². The van der Waals surface area contributed by atoms with Gasteiger partial charge in [0.15, 0.2) is 0 Å². The van der Waals surface area contributed by atoms with E-state index in [1.54, 1.807) is 0 Å². The topological polar surface area (TPSA) is 57.3 Å². The molecule has 4 rings (SSSR count). The molecule has 2 unspecified atom stereocenters. The van der Waals surface area contributed by atoms with Crippen molar-refractivity contribution < 1.29 is 4.79 Å². The molecule has 5 nitrogen and oxygen atoms in total. The van der Waals surface area contributed by atoms with Crippen molar-refractivity contribution in [2.24, 2.45) is 0 Å². The first-order chi connectivity index (χ1) is 13.1. The molecule has 2 aromatic rings. The Hall–Kier alpha value is -1.50. The molecule has 3 atom stereocenters. The van der Waals surface area contributed by atoms with Crippen molar-refractivity contribution in [3.8, 4) is 0 Å². The number of fused-ring (bicyclic) bond motifs is 1. The summed E-state index contributed by atoms with van der Waals surface area (Å²) in [6.45, 7) is 3.66. The van der Waals surface area contributed by atoms with Crippen molar-refractivity contribution in [2.45, 2.75) is 56.2 Å². The monoisotopic (exact) mass is 430 g/mol. The maximum absolute atomic E-state index is 13.5. The van der Waals surface area contributed by atoms with Crippen LogP contribution in [0.15, 0.2) is 30.5 Å². The van der Waals surface area contributed by atoms with Gasteiger partial charge in [-0.1, -0.05) is 34.1 Å². The molecule has 2 saturated heterocycles. The molecule has 2 N–H and O–H groups in total. The third-order valence-corrected chi connectivity index (χ3v) is 6.48. The molecular formula is C21H27BrN4O. The van der Waals surface area contributed by atoms with E-state index in [2.05, 4.69) is 36.4 Å². The van der Waals surface area contributed by atoms with Gasteiger partial charge in [0, 0.05) is 30.7 Å². The lowest BCUT2D eigenvalue weighted by Gasteiger charge is -2.37. The van der Waals surface area contributed by atoms with Gasteiger partial charge in [-0.25, -0.2) is 0 Å². The highest BCUT2D eigenvalue weighted by molar-refractivity contribution is 9.09. The fourth-order valence-corrected chi connectivity index (χ4v) is 4.87. The van der Waals surface area contributed by atoms with E-state index in [1.807, 2.05) is 37.4 Å². The van der Waals surface area contributed by atoms with Gasteiger partial charge in [-0.3, -0.25) is 20.4 Å². The molecule has 1 aromatic heterocycles. The zero-order chi connectivity index (χ0) is 18.8. The first-order valence-corrected chi connectivity index (χ1v) is 10.8. The number of aromatic nitrogens is 1. The van der Waals surface area contributed by atoms with Gasteiger partial charge in [0.2, 0.25) is 0 Å². The number of hydrogen-bond donors (Lipinski definition) is 2. The summed E-state index contributed by atoms with van der Waals surface area (Å²) in [6.07, 6.45) is 7.73. The van der Waals surface area contributed by atoms with Crippen molar-refractivity contribution in [1.29, 1.82) is 0 Å². The number of nitrogens with one attached hydrogen (secondary N) is 2. The number of aryl methyl sites for hydroxylation is 1. The number of carbonyl (C=O) groups excluding carboxylic acids is 1. The second-order valence-corrected chi connectivity index (χ2v) is 8.76. The maximum Gasteiger partial charge on any atom is 0.255 e. The highest BCUT2D eigenvalue weighted by Gasteiger charge is 2.30. The van der Waals surface area contributed by atoms with Crippen LogP contribution in [0.3, 0.4) is 0 Å². The summed E-state index contributed by atoms with van der Waals surface area (Å²) in [5.41, 5.74) is 2.65. The average Bonchev–Trinajstić information content (AvgIpc) is 3.11. The van der Waals surface area contributed by atoms with E-state index in [9.17, 15) is 4.79 Å². The normalized spacial score (nSPS) is 25.9. The minimum atomic E-state index is 0.148. The van der Waals surface area contributed by atoms with Crippen LogP contribution >= 0.6 is 15.9 Å². The first-order valence-electron chi connectivity index (χ1n) is 9.92. The number of alkyl halides is 1. The zero-order valence-corrected chi connectivity index (χ0v) is 17.3. The summed E-state index contributed by atoms with van der Waals surface area (Å²) in [5.74, 6) is 0.148. The van der Waals surface area contributed by atoms with Crippen LogP contribution in [0.1, 0.15) is 48.0 Å². The molecule has 3 heterocycles. The molecule has 1 amide bonds. The molecule has 0 spiro atoms. The van der Waals surface area contributed by atoms with Crippen LogP contribution < -0.4 is 10.6 Å². The van der Waals surface area contributed by atoms with Crippen LogP contribution in [0.25, 0.3) is 10.9 Å². The quantitative estimate of drug-likeness (QED) is 0.574. The number of likely N-dealkylation sites (tertiary alicyclic amines) is 1. The van der Waals surface area contributed by atoms with Crippen LogP contribution in [0.5, 0.6) is 0 Å². The van der Waals surface area contributed by atoms with E-state index in [4.69, 9.17) is 0 Å². The first kappa shape index (κ1) is 18.8. The highest BCUT2D eigenvalue weighted by atomic mass is 79.9. The molecule has 144 valence electrons. The van der Waals surface area contributed by atoms with E-state index in [0.717, 1.165) is 60.8 Å². The highest BCUT2D eigenvalue weighted by Crippen LogP contribution is 2.26. The number of pyridine rings is 1. The van der Waals surface area contributed by atoms with E-state index >= 15 is 0 Å². The number of amides is 1. The fraction of sp³-hybridized carbons (Fsp3) is 0.524. The number of rotatable bonds is 4. The Morgan fingerprint density at radius 3 is 2.96 bits per heavy atom. The predicted octanol–water partition coefficient (Wildman–Crippen LogP) is 3.56. The number of piperidine rings is 1. The fourth-order valence-electron chi connectivity index (χ4n) is 4.29. The van der Waals surface area contributed by atoms with Gasteiger partial charge in [-0.05, 0) is 50.7 Å². The second kappa shape index (κ2) is 8.25. The minimum absolute atomic E-state index is 0.148. The van der Waals surface area contributed by atoms with E-state index in [0.29, 0.717) is 11.1 Å². The molecule has 2 aliphatic heterocycles. The summed E-state index contributed by atoms with van der Waals surface area (Å²) in [4.78, 5) is 20.5. The van der Waals surface area contributed by atoms with Crippen molar-refractivity contribution in [2.75, 3.05) is 13.1 Å². The smallest absolute Gasteiger partial charge is 0.255 e. The lowest BCUT2D eigenvalue weighted by Crippen LogP contribution is -2.51. The molecule has 27 heavy (non-hydrogen) atoms. The molecule has 6 heteroatoms. The standard InChI is InChI=1S/C21H27BrN4O/c1-14-12-23-17-8-3-2-7-16(17)20(14)21(27)26-11-5-4-6-15(26)13-24-19-10-9-18(22)25-19/h2-3,7-8,12,15,18-19,24-25H,4-6,9-11,13H2,1H3/t15-,18?,19?/m0/s1. The number of benzene rings is 1. The van der Waals surface area contributed by atoms with Crippen LogP contribution in [0.4, 0.5) is 0 Å². The number of hydrogen-bond acceptors (Lipinski definition) is 4. The van der Waals surface area contributed by atoms with Crippen molar-refractivity contribution in [3.05, 3.63) is 41.6 Å². The number of para-hydroxylation sites is 1. The molecule has 0 radical (unpaired) electrons. The Kier molecular flexibility index (Phi) is 5.76. The summed E-state index contributed by atoms with van der Waals surface area (Å²) in [5, 5.41) is 8.08. The van der Waals surface area contributed by atoms with E-state index < -0.39 is 0 Å². The molecule has 1 aromatic carbocycles. The van der Waals surface area contributed by atoms with Crippen molar-refractivity contribution in [1.82, 2.24) is 20.5 Å². The molecule has 2 aliphatic rings. The Bertz CT molecular complexity index is 827. The lowest BCUT2D eigenvalue weighted by atomic mass is 9.97. The van der Waals surface area contributed by atoms with Gasteiger partial charge in [0.1, 0.15) is 0 Å². The molecule has 0 bridgehead atoms. The number of halogens is 1. The Morgan fingerprint density at radius 1 is 1.30 bits per heavy atom. The molecule has 0 saturated carbocycles. The SMILES string of the molecule is Cc1cnc2ccccc2c1C(=O)N1CCCC[C@H]1CNC1CCC(Br)N1. The summed E-state index contributed by atoms with van der Waals surface area (Å²) in [6, 6.07) is 8.19. The van der Waals surface area contributed by atoms with Gasteiger partial charge in [-0.2, -0.15) is 0 Å². The van der Waals surface area contributed by atoms with E-state index in [-0.39, 0.29) is 11.9 Å². The maximum atomic E-state index is 13.5. The van der Waals surface area contributed by atoms with Gasteiger partial charge in [-0.15, -0.1) is 0 Å². The Balaban J connectivity index is 1.55. The molecule has 0 aliphatic carbocycles. The van der Waals surface area contributed by atoms with Gasteiger partial charge >= 0.3 is 0 Å². The van der Waals surface area contributed by atoms with Gasteiger partial charge in [0.25, 0.3) is 5.91 Å². The van der Waals surface area contributed by atoms with Crippen molar-refractivity contribution >= 4 is 32.7 Å². The predicted molar refractivity (Wildman–Crippen MR) is 112 cm³/mol. The van der Waals surface area contributed by atoms with Crippen LogP contribution in [0.2, 0.25) is 0 Å². The van der Waals surface area contributed by atoms with E-state index in [1.165, 1.54) is 6.42 Å².